The molecule has 0 fully saturated rings. The molecule has 0 saturated heterocycles. The van der Waals surface area contributed by atoms with Gasteiger partial charge in [0.05, 0.1) is 25.1 Å². The Morgan fingerprint density at radius 1 is 1.10 bits per heavy atom. The zero-order valence-electron chi connectivity index (χ0n) is 12.3. The SMILES string of the molecule is COCCc1ccccc1NC(CC#N)c1ccccc1. The van der Waals surface area contributed by atoms with Crippen LogP contribution in [0.25, 0.3) is 0 Å². The van der Waals surface area contributed by atoms with Crippen molar-refractivity contribution >= 4 is 5.69 Å². The van der Waals surface area contributed by atoms with Gasteiger partial charge in [0.1, 0.15) is 0 Å². The fourth-order valence-electron chi connectivity index (χ4n) is 2.31. The lowest BCUT2D eigenvalue weighted by atomic mass is 10.0. The van der Waals surface area contributed by atoms with Crippen LogP contribution in [0.3, 0.4) is 0 Å². The summed E-state index contributed by atoms with van der Waals surface area (Å²) in [5.74, 6) is 0. The maximum atomic E-state index is 9.08. The maximum absolute atomic E-state index is 9.08. The van der Waals surface area contributed by atoms with Crippen molar-refractivity contribution < 1.29 is 4.74 Å². The molecule has 1 N–H and O–H groups in total. The molecule has 0 aliphatic heterocycles. The molecule has 0 aliphatic carbocycles. The van der Waals surface area contributed by atoms with E-state index >= 15 is 0 Å². The number of hydrogen-bond acceptors (Lipinski definition) is 3. The summed E-state index contributed by atoms with van der Waals surface area (Å²) >= 11 is 0. The van der Waals surface area contributed by atoms with Crippen molar-refractivity contribution in [3.05, 3.63) is 65.7 Å². The number of benzene rings is 2. The Bertz CT molecular complexity index is 590. The van der Waals surface area contributed by atoms with E-state index in [0.717, 1.165) is 17.7 Å². The van der Waals surface area contributed by atoms with Crippen LogP contribution in [0.5, 0.6) is 0 Å². The van der Waals surface area contributed by atoms with Crippen LogP contribution in [0.2, 0.25) is 0 Å². The quantitative estimate of drug-likeness (QED) is 0.835. The Morgan fingerprint density at radius 3 is 2.52 bits per heavy atom. The molecule has 3 heteroatoms. The Labute approximate surface area is 126 Å². The molecule has 0 spiro atoms. The normalized spacial score (nSPS) is 11.6. The first-order chi connectivity index (χ1) is 10.3. The van der Waals surface area contributed by atoms with Crippen LogP contribution in [0, 0.1) is 11.3 Å². The second kappa shape index (κ2) is 8.08. The van der Waals surface area contributed by atoms with Gasteiger partial charge < -0.3 is 10.1 Å². The third kappa shape index (κ3) is 4.34. The molecular weight excluding hydrogens is 260 g/mol. The van der Waals surface area contributed by atoms with Crippen LogP contribution in [0.1, 0.15) is 23.6 Å². The van der Waals surface area contributed by atoms with Gasteiger partial charge in [-0.05, 0) is 23.6 Å². The molecule has 0 saturated carbocycles. The van der Waals surface area contributed by atoms with Gasteiger partial charge in [0.2, 0.25) is 0 Å². The Kier molecular flexibility index (Phi) is 5.81. The summed E-state index contributed by atoms with van der Waals surface area (Å²) in [7, 11) is 1.71. The number of nitrogens with one attached hydrogen (secondary N) is 1. The van der Waals surface area contributed by atoms with Gasteiger partial charge in [-0.2, -0.15) is 5.26 Å². The highest BCUT2D eigenvalue weighted by Gasteiger charge is 2.12. The molecule has 1 unspecified atom stereocenters. The number of nitriles is 1. The van der Waals surface area contributed by atoms with Gasteiger partial charge in [0.25, 0.3) is 0 Å². The van der Waals surface area contributed by atoms with Gasteiger partial charge in [0.15, 0.2) is 0 Å². The van der Waals surface area contributed by atoms with E-state index in [4.69, 9.17) is 10.00 Å². The van der Waals surface area contributed by atoms with E-state index in [9.17, 15) is 0 Å². The molecule has 3 nitrogen and oxygen atoms in total. The van der Waals surface area contributed by atoms with Crippen molar-refractivity contribution in [3.63, 3.8) is 0 Å². The second-order valence-electron chi connectivity index (χ2n) is 4.87. The van der Waals surface area contributed by atoms with Crippen LogP contribution in [-0.4, -0.2) is 13.7 Å². The molecular formula is C18H20N2O. The van der Waals surface area contributed by atoms with Crippen molar-refractivity contribution in [1.29, 1.82) is 5.26 Å². The van der Waals surface area contributed by atoms with Gasteiger partial charge in [-0.25, -0.2) is 0 Å². The molecule has 1 atom stereocenters. The van der Waals surface area contributed by atoms with Gasteiger partial charge >= 0.3 is 0 Å². The minimum Gasteiger partial charge on any atom is -0.384 e. The van der Waals surface area contributed by atoms with E-state index in [2.05, 4.69) is 23.5 Å². The lowest BCUT2D eigenvalue weighted by molar-refractivity contribution is 0.202. The fourth-order valence-corrected chi connectivity index (χ4v) is 2.31. The molecule has 0 radical (unpaired) electrons. The average Bonchev–Trinajstić information content (AvgIpc) is 2.54. The van der Waals surface area contributed by atoms with Gasteiger partial charge in [0, 0.05) is 12.8 Å². The van der Waals surface area contributed by atoms with Crippen molar-refractivity contribution in [1.82, 2.24) is 0 Å². The van der Waals surface area contributed by atoms with Crippen LogP contribution in [0.4, 0.5) is 5.69 Å². The zero-order valence-corrected chi connectivity index (χ0v) is 12.3. The van der Waals surface area contributed by atoms with Gasteiger partial charge in [-0.15, -0.1) is 0 Å². The predicted octanol–water partition coefficient (Wildman–Crippen LogP) is 3.94. The predicted molar refractivity (Wildman–Crippen MR) is 85.1 cm³/mol. The summed E-state index contributed by atoms with van der Waals surface area (Å²) in [5, 5.41) is 12.6. The van der Waals surface area contributed by atoms with Crippen LogP contribution < -0.4 is 5.32 Å². The van der Waals surface area contributed by atoms with Crippen molar-refractivity contribution in [2.75, 3.05) is 19.0 Å². The van der Waals surface area contributed by atoms with Crippen LogP contribution in [-0.2, 0) is 11.2 Å². The number of methoxy groups -OCH3 is 1. The summed E-state index contributed by atoms with van der Waals surface area (Å²) in [5.41, 5.74) is 3.40. The number of nitrogens with zero attached hydrogens (tertiary/aromatic N) is 1. The van der Waals surface area contributed by atoms with Gasteiger partial charge in [-0.3, -0.25) is 0 Å². The minimum atomic E-state index is -0.0000973. The van der Waals surface area contributed by atoms with E-state index in [-0.39, 0.29) is 6.04 Å². The third-order valence-electron chi connectivity index (χ3n) is 3.42. The maximum Gasteiger partial charge on any atom is 0.0647 e. The first-order valence-electron chi connectivity index (χ1n) is 7.10. The van der Waals surface area contributed by atoms with E-state index in [1.807, 2.05) is 42.5 Å². The van der Waals surface area contributed by atoms with E-state index in [0.29, 0.717) is 13.0 Å². The lowest BCUT2D eigenvalue weighted by Crippen LogP contribution is -2.12. The highest BCUT2D eigenvalue weighted by atomic mass is 16.5. The Balaban J connectivity index is 2.19. The molecule has 0 heterocycles. The molecule has 0 aromatic heterocycles. The summed E-state index contributed by atoms with van der Waals surface area (Å²) in [4.78, 5) is 0. The highest BCUT2D eigenvalue weighted by Crippen LogP contribution is 2.25. The topological polar surface area (TPSA) is 45.0 Å². The third-order valence-corrected chi connectivity index (χ3v) is 3.42. The summed E-state index contributed by atoms with van der Waals surface area (Å²) < 4.78 is 5.16. The molecule has 2 rings (SSSR count). The average molecular weight is 280 g/mol. The zero-order chi connectivity index (χ0) is 14.9. The molecule has 0 aliphatic rings. The second-order valence-corrected chi connectivity index (χ2v) is 4.87. The molecule has 2 aromatic rings. The summed E-state index contributed by atoms with van der Waals surface area (Å²) in [6.45, 7) is 0.687. The highest BCUT2D eigenvalue weighted by molar-refractivity contribution is 5.53. The Hall–Kier alpha value is -2.31. The van der Waals surface area contributed by atoms with Crippen molar-refractivity contribution in [2.45, 2.75) is 18.9 Å². The molecule has 2 aromatic carbocycles. The first-order valence-corrected chi connectivity index (χ1v) is 7.10. The first kappa shape index (κ1) is 15.1. The number of ether oxygens (including phenoxy) is 1. The van der Waals surface area contributed by atoms with E-state index < -0.39 is 0 Å². The molecule has 21 heavy (non-hydrogen) atoms. The summed E-state index contributed by atoms with van der Waals surface area (Å²) in [6, 6.07) is 20.5. The van der Waals surface area contributed by atoms with Crippen LogP contribution >= 0.6 is 0 Å². The molecule has 108 valence electrons. The fraction of sp³-hybridized carbons (Fsp3) is 0.278. The molecule has 0 amide bonds. The minimum absolute atomic E-state index is 0.0000973. The van der Waals surface area contributed by atoms with E-state index in [1.54, 1.807) is 7.11 Å². The van der Waals surface area contributed by atoms with Crippen molar-refractivity contribution in [3.8, 4) is 6.07 Å². The van der Waals surface area contributed by atoms with E-state index in [1.165, 1.54) is 5.56 Å². The van der Waals surface area contributed by atoms with Crippen LogP contribution in [0.15, 0.2) is 54.6 Å². The smallest absolute Gasteiger partial charge is 0.0647 e. The number of para-hydroxylation sites is 1. The number of anilines is 1. The number of hydrogen-bond donors (Lipinski definition) is 1. The van der Waals surface area contributed by atoms with Gasteiger partial charge in [-0.1, -0.05) is 48.5 Å². The summed E-state index contributed by atoms with van der Waals surface area (Å²) in [6.07, 6.45) is 1.29. The largest absolute Gasteiger partial charge is 0.384 e. The van der Waals surface area contributed by atoms with Crippen molar-refractivity contribution in [2.24, 2.45) is 0 Å². The number of rotatable bonds is 7. The lowest BCUT2D eigenvalue weighted by Gasteiger charge is -2.20. The molecule has 0 bridgehead atoms. The standard InChI is InChI=1S/C18H20N2O/c1-21-14-12-16-9-5-6-10-17(16)20-18(11-13-19)15-7-3-2-4-8-15/h2-10,18,20H,11-12,14H2,1H3. The monoisotopic (exact) mass is 280 g/mol. The Morgan fingerprint density at radius 2 is 1.81 bits per heavy atom.